The van der Waals surface area contributed by atoms with E-state index in [0.717, 1.165) is 41.9 Å². The number of rotatable bonds is 7. The molecule has 0 radical (unpaired) electrons. The van der Waals surface area contributed by atoms with Gasteiger partial charge in [-0.25, -0.2) is 0 Å². The van der Waals surface area contributed by atoms with Gasteiger partial charge in [0, 0.05) is 25.6 Å². The Morgan fingerprint density at radius 3 is 2.95 bits per heavy atom. The highest BCUT2D eigenvalue weighted by Gasteiger charge is 2.13. The normalized spacial score (nSPS) is 12.8. The lowest BCUT2D eigenvalue weighted by atomic mass is 10.1. The average molecular weight is 340 g/mol. The minimum Gasteiger partial charge on any atom is -0.469 e. The summed E-state index contributed by atoms with van der Waals surface area (Å²) in [6.45, 7) is 8.07. The van der Waals surface area contributed by atoms with Crippen LogP contribution in [0.15, 0.2) is 27.3 Å². The zero-order valence-electron chi connectivity index (χ0n) is 12.3. The Labute approximate surface area is 128 Å². The van der Waals surface area contributed by atoms with Gasteiger partial charge in [0.25, 0.3) is 0 Å². The standard InChI is InChI=1S/C15H22BrN3O/c1-4-19-14(15(16)12(3)18-19)10-17-11(2)7-8-13-6-5-9-20-13/h5-6,9,11,17H,4,7-8,10H2,1-3H3. The smallest absolute Gasteiger partial charge is 0.103 e. The second-order valence-corrected chi connectivity index (χ2v) is 5.85. The number of hydrogen-bond donors (Lipinski definition) is 1. The lowest BCUT2D eigenvalue weighted by Crippen LogP contribution is -2.27. The second-order valence-electron chi connectivity index (χ2n) is 5.06. The first-order chi connectivity index (χ1) is 9.61. The van der Waals surface area contributed by atoms with E-state index >= 15 is 0 Å². The van der Waals surface area contributed by atoms with Crippen molar-refractivity contribution in [1.29, 1.82) is 0 Å². The molecule has 0 bridgehead atoms. The highest BCUT2D eigenvalue weighted by atomic mass is 79.9. The Hall–Kier alpha value is -1.07. The molecule has 0 spiro atoms. The quantitative estimate of drug-likeness (QED) is 0.836. The lowest BCUT2D eigenvalue weighted by molar-refractivity contribution is 0.452. The third-order valence-corrected chi connectivity index (χ3v) is 4.51. The van der Waals surface area contributed by atoms with Crippen LogP contribution in [0.1, 0.15) is 37.4 Å². The summed E-state index contributed by atoms with van der Waals surface area (Å²) in [6.07, 6.45) is 3.76. The van der Waals surface area contributed by atoms with E-state index in [1.54, 1.807) is 6.26 Å². The molecule has 0 fully saturated rings. The van der Waals surface area contributed by atoms with Crippen LogP contribution in [0.2, 0.25) is 0 Å². The first kappa shape index (κ1) is 15.3. The summed E-state index contributed by atoms with van der Waals surface area (Å²) in [5.74, 6) is 1.05. The van der Waals surface area contributed by atoms with Gasteiger partial charge < -0.3 is 9.73 Å². The van der Waals surface area contributed by atoms with Crippen molar-refractivity contribution in [3.8, 4) is 0 Å². The summed E-state index contributed by atoms with van der Waals surface area (Å²) >= 11 is 3.62. The Balaban J connectivity index is 1.85. The number of nitrogens with zero attached hydrogens (tertiary/aromatic N) is 2. The van der Waals surface area contributed by atoms with E-state index in [2.05, 4.69) is 40.2 Å². The fourth-order valence-electron chi connectivity index (χ4n) is 2.22. The van der Waals surface area contributed by atoms with Crippen molar-refractivity contribution in [2.75, 3.05) is 0 Å². The van der Waals surface area contributed by atoms with Crippen LogP contribution in [0.3, 0.4) is 0 Å². The molecule has 20 heavy (non-hydrogen) atoms. The van der Waals surface area contributed by atoms with E-state index in [0.29, 0.717) is 6.04 Å². The van der Waals surface area contributed by atoms with Gasteiger partial charge >= 0.3 is 0 Å². The van der Waals surface area contributed by atoms with E-state index < -0.39 is 0 Å². The Morgan fingerprint density at radius 2 is 2.30 bits per heavy atom. The number of aromatic nitrogens is 2. The van der Waals surface area contributed by atoms with Crippen LogP contribution in [-0.2, 0) is 19.5 Å². The Morgan fingerprint density at radius 1 is 1.50 bits per heavy atom. The van der Waals surface area contributed by atoms with E-state index in [1.165, 1.54) is 5.69 Å². The molecule has 0 saturated heterocycles. The van der Waals surface area contributed by atoms with Gasteiger partial charge in [-0.3, -0.25) is 4.68 Å². The van der Waals surface area contributed by atoms with Gasteiger partial charge in [-0.2, -0.15) is 5.10 Å². The van der Waals surface area contributed by atoms with Crippen LogP contribution >= 0.6 is 15.9 Å². The van der Waals surface area contributed by atoms with Crippen LogP contribution in [0.5, 0.6) is 0 Å². The topological polar surface area (TPSA) is 43.0 Å². The van der Waals surface area contributed by atoms with Crippen molar-refractivity contribution in [2.24, 2.45) is 0 Å². The molecule has 1 N–H and O–H groups in total. The van der Waals surface area contributed by atoms with Crippen LogP contribution in [0.25, 0.3) is 0 Å². The molecule has 5 heteroatoms. The van der Waals surface area contributed by atoms with E-state index in [-0.39, 0.29) is 0 Å². The Kier molecular flexibility index (Phi) is 5.43. The molecule has 0 aliphatic heterocycles. The van der Waals surface area contributed by atoms with Crippen molar-refractivity contribution in [3.63, 3.8) is 0 Å². The molecule has 0 amide bonds. The van der Waals surface area contributed by atoms with Crippen molar-refractivity contribution in [3.05, 3.63) is 40.0 Å². The van der Waals surface area contributed by atoms with Crippen LogP contribution in [-0.4, -0.2) is 15.8 Å². The highest BCUT2D eigenvalue weighted by Crippen LogP contribution is 2.21. The predicted molar refractivity (Wildman–Crippen MR) is 83.7 cm³/mol. The van der Waals surface area contributed by atoms with Gasteiger partial charge in [-0.15, -0.1) is 0 Å². The predicted octanol–water partition coefficient (Wildman–Crippen LogP) is 3.68. The summed E-state index contributed by atoms with van der Waals surface area (Å²) in [7, 11) is 0. The van der Waals surface area contributed by atoms with Crippen LogP contribution in [0.4, 0.5) is 0 Å². The number of furan rings is 1. The molecule has 1 unspecified atom stereocenters. The second kappa shape index (κ2) is 7.09. The highest BCUT2D eigenvalue weighted by molar-refractivity contribution is 9.10. The summed E-state index contributed by atoms with van der Waals surface area (Å²) in [6, 6.07) is 4.40. The summed E-state index contributed by atoms with van der Waals surface area (Å²) in [5.41, 5.74) is 2.27. The molecule has 4 nitrogen and oxygen atoms in total. The maximum absolute atomic E-state index is 5.36. The molecular formula is C15H22BrN3O. The van der Waals surface area contributed by atoms with Gasteiger partial charge in [-0.05, 0) is 55.3 Å². The molecule has 0 aliphatic carbocycles. The minimum atomic E-state index is 0.438. The fourth-order valence-corrected chi connectivity index (χ4v) is 2.65. The molecule has 110 valence electrons. The SMILES string of the molecule is CCn1nc(C)c(Br)c1CNC(C)CCc1ccco1. The average Bonchev–Trinajstić information content (AvgIpc) is 3.04. The first-order valence-electron chi connectivity index (χ1n) is 7.09. The molecule has 2 rings (SSSR count). The number of nitrogens with one attached hydrogen (secondary N) is 1. The number of halogens is 1. The van der Waals surface area contributed by atoms with Crippen LogP contribution in [0, 0.1) is 6.92 Å². The zero-order valence-corrected chi connectivity index (χ0v) is 13.9. The van der Waals surface area contributed by atoms with Gasteiger partial charge in [0.2, 0.25) is 0 Å². The third-order valence-electron chi connectivity index (χ3n) is 3.47. The monoisotopic (exact) mass is 339 g/mol. The Bertz CT molecular complexity index is 534. The lowest BCUT2D eigenvalue weighted by Gasteiger charge is -2.14. The fraction of sp³-hybridized carbons (Fsp3) is 0.533. The van der Waals surface area contributed by atoms with Gasteiger partial charge in [0.1, 0.15) is 5.76 Å². The molecule has 0 saturated carbocycles. The molecule has 0 aliphatic rings. The van der Waals surface area contributed by atoms with Gasteiger partial charge in [-0.1, -0.05) is 0 Å². The summed E-state index contributed by atoms with van der Waals surface area (Å²) in [4.78, 5) is 0. The van der Waals surface area contributed by atoms with Gasteiger partial charge in [0.05, 0.1) is 22.1 Å². The van der Waals surface area contributed by atoms with E-state index in [1.807, 2.05) is 23.7 Å². The van der Waals surface area contributed by atoms with Crippen LogP contribution < -0.4 is 5.32 Å². The minimum absolute atomic E-state index is 0.438. The zero-order chi connectivity index (χ0) is 14.5. The number of aryl methyl sites for hydroxylation is 3. The summed E-state index contributed by atoms with van der Waals surface area (Å²) in [5, 5.41) is 8.07. The van der Waals surface area contributed by atoms with E-state index in [4.69, 9.17) is 4.42 Å². The molecular weight excluding hydrogens is 318 g/mol. The van der Waals surface area contributed by atoms with E-state index in [9.17, 15) is 0 Å². The number of hydrogen-bond acceptors (Lipinski definition) is 3. The molecule has 2 aromatic rings. The van der Waals surface area contributed by atoms with Crippen molar-refractivity contribution < 1.29 is 4.42 Å². The van der Waals surface area contributed by atoms with Crippen molar-refractivity contribution in [1.82, 2.24) is 15.1 Å². The maximum atomic E-state index is 5.36. The largest absolute Gasteiger partial charge is 0.469 e. The molecule has 1 atom stereocenters. The first-order valence-corrected chi connectivity index (χ1v) is 7.88. The summed E-state index contributed by atoms with van der Waals surface area (Å²) < 4.78 is 8.52. The molecule has 0 aromatic carbocycles. The van der Waals surface area contributed by atoms with Crippen molar-refractivity contribution in [2.45, 2.75) is 52.7 Å². The molecule has 2 heterocycles. The maximum Gasteiger partial charge on any atom is 0.103 e. The van der Waals surface area contributed by atoms with Crippen molar-refractivity contribution >= 4 is 15.9 Å². The molecule has 2 aromatic heterocycles. The third kappa shape index (κ3) is 3.73. The van der Waals surface area contributed by atoms with Gasteiger partial charge in [0.15, 0.2) is 0 Å².